The predicted molar refractivity (Wildman–Crippen MR) is 38.9 cm³/mol. The van der Waals surface area contributed by atoms with Crippen LogP contribution in [-0.4, -0.2) is 0 Å². The second kappa shape index (κ2) is 5.54. The minimum Gasteiger partial charge on any atom is -0.208 e. The van der Waals surface area contributed by atoms with Crippen LogP contribution in [0.2, 0.25) is 0 Å². The van der Waals surface area contributed by atoms with E-state index in [1.165, 1.54) is 6.08 Å². The first-order valence-electron chi connectivity index (χ1n) is 3.28. The summed E-state index contributed by atoms with van der Waals surface area (Å²) < 4.78 is 11.8. The van der Waals surface area contributed by atoms with E-state index in [1.54, 1.807) is 0 Å². The van der Waals surface area contributed by atoms with Crippen molar-refractivity contribution in [2.24, 2.45) is 0 Å². The Morgan fingerprint density at radius 3 is 2.78 bits per heavy atom. The minimum absolute atomic E-state index is 0.355. The number of halogens is 1. The average molecular weight is 128 g/mol. The zero-order valence-electron chi connectivity index (χ0n) is 5.86. The van der Waals surface area contributed by atoms with Gasteiger partial charge in [0, 0.05) is 0 Å². The largest absolute Gasteiger partial charge is 0.208 e. The summed E-state index contributed by atoms with van der Waals surface area (Å²) in [7, 11) is 0. The summed E-state index contributed by atoms with van der Waals surface area (Å²) in [5, 5.41) is 0. The molecule has 0 rings (SSSR count). The molecule has 0 aliphatic heterocycles. The molecule has 0 heterocycles. The van der Waals surface area contributed by atoms with E-state index in [0.717, 1.165) is 19.3 Å². The monoisotopic (exact) mass is 128 g/mol. The van der Waals surface area contributed by atoms with Gasteiger partial charge in [0.2, 0.25) is 0 Å². The summed E-state index contributed by atoms with van der Waals surface area (Å²) in [5.41, 5.74) is 0. The van der Waals surface area contributed by atoms with Gasteiger partial charge in [0.15, 0.2) is 0 Å². The summed E-state index contributed by atoms with van der Waals surface area (Å²) in [6.45, 7) is 5.21. The molecule has 0 aromatic rings. The van der Waals surface area contributed by atoms with E-state index in [9.17, 15) is 4.39 Å². The van der Waals surface area contributed by atoms with Crippen molar-refractivity contribution in [3.05, 3.63) is 24.6 Å². The maximum Gasteiger partial charge on any atom is 0.115 e. The molecular weight excluding hydrogens is 115 g/mol. The Hall–Kier alpha value is -0.590. The van der Waals surface area contributed by atoms with E-state index in [-0.39, 0.29) is 5.83 Å². The smallest absolute Gasteiger partial charge is 0.115 e. The van der Waals surface area contributed by atoms with Crippen LogP contribution in [0.1, 0.15) is 26.2 Å². The number of hydrogen-bond donors (Lipinski definition) is 0. The molecule has 0 aromatic heterocycles. The fourth-order valence-electron chi connectivity index (χ4n) is 0.533. The highest BCUT2D eigenvalue weighted by molar-refractivity contribution is 5.05. The van der Waals surface area contributed by atoms with E-state index in [1.807, 2.05) is 6.08 Å². The predicted octanol–water partition coefficient (Wildman–Crippen LogP) is 3.22. The van der Waals surface area contributed by atoms with Crippen LogP contribution in [0.5, 0.6) is 0 Å². The highest BCUT2D eigenvalue weighted by Gasteiger charge is 1.79. The van der Waals surface area contributed by atoms with Crippen molar-refractivity contribution >= 4 is 0 Å². The number of rotatable bonds is 4. The normalized spacial score (nSPS) is 10.4. The molecule has 0 aliphatic carbocycles. The quantitative estimate of drug-likeness (QED) is 0.403. The first-order valence-corrected chi connectivity index (χ1v) is 3.28. The standard InChI is InChI=1S/C8H13F/c1-3-4-5-6-7-8(2)9/h6-7H,2-5H2,1H3. The molecule has 0 fully saturated rings. The van der Waals surface area contributed by atoms with Gasteiger partial charge in [0.25, 0.3) is 0 Å². The van der Waals surface area contributed by atoms with Crippen LogP contribution in [0, 0.1) is 0 Å². The van der Waals surface area contributed by atoms with Crippen molar-refractivity contribution in [2.75, 3.05) is 0 Å². The van der Waals surface area contributed by atoms with E-state index < -0.39 is 0 Å². The van der Waals surface area contributed by atoms with E-state index in [4.69, 9.17) is 0 Å². The van der Waals surface area contributed by atoms with Crippen LogP contribution in [0.25, 0.3) is 0 Å². The SMILES string of the molecule is C=C(F)C=CCCCC. The van der Waals surface area contributed by atoms with Crippen LogP contribution in [0.15, 0.2) is 24.6 Å². The van der Waals surface area contributed by atoms with Gasteiger partial charge in [0.1, 0.15) is 5.83 Å². The lowest BCUT2D eigenvalue weighted by atomic mass is 10.2. The summed E-state index contributed by atoms with van der Waals surface area (Å²) in [6.07, 6.45) is 6.47. The van der Waals surface area contributed by atoms with Gasteiger partial charge < -0.3 is 0 Å². The molecule has 9 heavy (non-hydrogen) atoms. The van der Waals surface area contributed by atoms with Gasteiger partial charge in [-0.2, -0.15) is 0 Å². The van der Waals surface area contributed by atoms with Crippen molar-refractivity contribution in [3.63, 3.8) is 0 Å². The molecule has 0 saturated heterocycles. The van der Waals surface area contributed by atoms with E-state index >= 15 is 0 Å². The second-order valence-electron chi connectivity index (χ2n) is 1.99. The molecule has 0 amide bonds. The molecule has 0 N–H and O–H groups in total. The van der Waals surface area contributed by atoms with Crippen LogP contribution in [0.3, 0.4) is 0 Å². The van der Waals surface area contributed by atoms with Crippen LogP contribution >= 0.6 is 0 Å². The molecule has 0 radical (unpaired) electrons. The Morgan fingerprint density at radius 2 is 2.33 bits per heavy atom. The second-order valence-corrected chi connectivity index (χ2v) is 1.99. The molecule has 0 unspecified atom stereocenters. The van der Waals surface area contributed by atoms with Gasteiger partial charge in [0.05, 0.1) is 0 Å². The lowest BCUT2D eigenvalue weighted by molar-refractivity contribution is 0.669. The fraction of sp³-hybridized carbons (Fsp3) is 0.500. The molecule has 0 aromatic carbocycles. The summed E-state index contributed by atoms with van der Waals surface area (Å²) in [6, 6.07) is 0. The Balaban J connectivity index is 3.15. The topological polar surface area (TPSA) is 0 Å². The molecule has 0 bridgehead atoms. The van der Waals surface area contributed by atoms with Gasteiger partial charge in [-0.15, -0.1) is 0 Å². The minimum atomic E-state index is -0.355. The molecule has 0 atom stereocenters. The van der Waals surface area contributed by atoms with Gasteiger partial charge in [-0.3, -0.25) is 0 Å². The number of allylic oxidation sites excluding steroid dienone is 3. The van der Waals surface area contributed by atoms with Gasteiger partial charge in [-0.05, 0) is 12.5 Å². The van der Waals surface area contributed by atoms with Gasteiger partial charge in [-0.1, -0.05) is 32.4 Å². The zero-order valence-corrected chi connectivity index (χ0v) is 5.86. The number of hydrogen-bond acceptors (Lipinski definition) is 0. The summed E-state index contributed by atoms with van der Waals surface area (Å²) >= 11 is 0. The van der Waals surface area contributed by atoms with Crippen molar-refractivity contribution in [1.29, 1.82) is 0 Å². The lowest BCUT2D eigenvalue weighted by Crippen LogP contribution is -1.66. The maximum absolute atomic E-state index is 11.8. The van der Waals surface area contributed by atoms with Gasteiger partial charge in [-0.25, -0.2) is 4.39 Å². The molecule has 0 spiro atoms. The third kappa shape index (κ3) is 7.41. The molecular formula is C8H13F. The highest BCUT2D eigenvalue weighted by atomic mass is 19.1. The fourth-order valence-corrected chi connectivity index (χ4v) is 0.533. The summed E-state index contributed by atoms with van der Waals surface area (Å²) in [5.74, 6) is -0.355. The molecule has 52 valence electrons. The zero-order chi connectivity index (χ0) is 7.11. The Kier molecular flexibility index (Phi) is 5.18. The van der Waals surface area contributed by atoms with E-state index in [0.29, 0.717) is 0 Å². The van der Waals surface area contributed by atoms with Crippen molar-refractivity contribution in [2.45, 2.75) is 26.2 Å². The highest BCUT2D eigenvalue weighted by Crippen LogP contribution is 1.98. The third-order valence-corrected chi connectivity index (χ3v) is 1.02. The summed E-state index contributed by atoms with van der Waals surface area (Å²) in [4.78, 5) is 0. The molecule has 0 nitrogen and oxygen atoms in total. The van der Waals surface area contributed by atoms with Crippen molar-refractivity contribution in [1.82, 2.24) is 0 Å². The van der Waals surface area contributed by atoms with Crippen molar-refractivity contribution < 1.29 is 4.39 Å². The Morgan fingerprint density at radius 1 is 1.67 bits per heavy atom. The van der Waals surface area contributed by atoms with Crippen LogP contribution in [-0.2, 0) is 0 Å². The maximum atomic E-state index is 11.8. The van der Waals surface area contributed by atoms with Crippen LogP contribution in [0.4, 0.5) is 4.39 Å². The van der Waals surface area contributed by atoms with Crippen LogP contribution < -0.4 is 0 Å². The third-order valence-electron chi connectivity index (χ3n) is 1.02. The molecule has 0 aliphatic rings. The Bertz CT molecular complexity index is 103. The first kappa shape index (κ1) is 8.41. The molecule has 0 saturated carbocycles. The first-order chi connectivity index (χ1) is 4.27. The molecule has 1 heteroatoms. The lowest BCUT2D eigenvalue weighted by Gasteiger charge is -1.85. The van der Waals surface area contributed by atoms with E-state index in [2.05, 4.69) is 13.5 Å². The van der Waals surface area contributed by atoms with Crippen molar-refractivity contribution in [3.8, 4) is 0 Å². The van der Waals surface area contributed by atoms with Gasteiger partial charge >= 0.3 is 0 Å². The Labute approximate surface area is 56.1 Å². The number of unbranched alkanes of at least 4 members (excludes halogenated alkanes) is 2. The average Bonchev–Trinajstić information content (AvgIpc) is 1.80.